The number of hydrogen-bond donors (Lipinski definition) is 1. The maximum Gasteiger partial charge on any atom is 0.337 e. The lowest BCUT2D eigenvalue weighted by Gasteiger charge is -2.49. The van der Waals surface area contributed by atoms with E-state index in [1.807, 2.05) is 0 Å². The number of ether oxygens (including phenoxy) is 2. The van der Waals surface area contributed by atoms with Crippen LogP contribution in [0.4, 0.5) is 0 Å². The van der Waals surface area contributed by atoms with Gasteiger partial charge in [-0.25, -0.2) is 4.79 Å². The Hall–Kier alpha value is -2.27. The molecule has 3 unspecified atom stereocenters. The van der Waals surface area contributed by atoms with Gasteiger partial charge in [0.25, 0.3) is 0 Å². The van der Waals surface area contributed by atoms with E-state index in [0.717, 1.165) is 25.9 Å². The highest BCUT2D eigenvalue weighted by atomic mass is 16.5. The van der Waals surface area contributed by atoms with Crippen LogP contribution in [0.15, 0.2) is 30.0 Å². The second-order valence-corrected chi connectivity index (χ2v) is 8.24. The number of methoxy groups -OCH3 is 1. The SMILES string of the molecule is COC(=O)C1=CO[C@@H](C)C2CN3CCc4c([nH]c5ccc(C)cc45)C3CC12.[HH].[HH].[HH]. The Morgan fingerprint density at radius 2 is 2.26 bits per heavy atom. The van der Waals surface area contributed by atoms with Crippen LogP contribution in [0.25, 0.3) is 10.9 Å². The van der Waals surface area contributed by atoms with Crippen molar-refractivity contribution in [2.75, 3.05) is 20.2 Å². The number of esters is 1. The number of carbonyl (C=O) groups excluding carboxylic acids is 1. The zero-order valence-corrected chi connectivity index (χ0v) is 16.1. The number of aromatic amines is 1. The van der Waals surface area contributed by atoms with Crippen LogP contribution >= 0.6 is 0 Å². The van der Waals surface area contributed by atoms with Gasteiger partial charge in [-0.2, -0.15) is 0 Å². The number of aryl methyl sites for hydroxylation is 1. The highest BCUT2D eigenvalue weighted by Crippen LogP contribution is 2.47. The summed E-state index contributed by atoms with van der Waals surface area (Å²) in [5, 5.41) is 1.36. The van der Waals surface area contributed by atoms with Crippen molar-refractivity contribution in [3.63, 3.8) is 0 Å². The fraction of sp³-hybridized carbons (Fsp3) is 0.500. The van der Waals surface area contributed by atoms with Crippen LogP contribution in [0.5, 0.6) is 0 Å². The van der Waals surface area contributed by atoms with E-state index in [1.165, 1.54) is 34.8 Å². The first-order chi connectivity index (χ1) is 13.1. The first-order valence-electron chi connectivity index (χ1n) is 9.85. The van der Waals surface area contributed by atoms with E-state index >= 15 is 0 Å². The van der Waals surface area contributed by atoms with Crippen molar-refractivity contribution in [2.45, 2.75) is 38.8 Å². The average molecular weight is 373 g/mol. The number of fused-ring (bicyclic) bond motifs is 6. The number of carbonyl (C=O) groups is 1. The number of nitrogens with zero attached hydrogens (tertiary/aromatic N) is 1. The van der Waals surface area contributed by atoms with Gasteiger partial charge in [0, 0.05) is 45.8 Å². The highest BCUT2D eigenvalue weighted by Gasteiger charge is 2.46. The van der Waals surface area contributed by atoms with Gasteiger partial charge >= 0.3 is 5.97 Å². The third-order valence-electron chi connectivity index (χ3n) is 6.79. The molecule has 0 amide bonds. The summed E-state index contributed by atoms with van der Waals surface area (Å²) in [6, 6.07) is 6.97. The molecule has 27 heavy (non-hydrogen) atoms. The van der Waals surface area contributed by atoms with Gasteiger partial charge in [-0.05, 0) is 44.4 Å². The van der Waals surface area contributed by atoms with Crippen LogP contribution in [0, 0.1) is 18.8 Å². The Kier molecular flexibility index (Phi) is 3.83. The van der Waals surface area contributed by atoms with E-state index in [1.54, 1.807) is 6.26 Å². The van der Waals surface area contributed by atoms with Crippen molar-refractivity contribution in [2.24, 2.45) is 11.8 Å². The molecule has 5 nitrogen and oxygen atoms in total. The van der Waals surface area contributed by atoms with Crippen molar-refractivity contribution in [1.29, 1.82) is 0 Å². The molecule has 1 fully saturated rings. The second-order valence-electron chi connectivity index (χ2n) is 8.24. The molecule has 4 atom stereocenters. The smallest absolute Gasteiger partial charge is 0.337 e. The molecule has 1 N–H and O–H groups in total. The van der Waals surface area contributed by atoms with E-state index in [-0.39, 0.29) is 22.3 Å². The standard InChI is InChI=1S/C22H26N2O3.3H2/c1-12-4-5-19-16(8-12)14-6-7-24-10-17-13(2)27-11-18(22(25)26-3)15(17)9-20(24)21(14)23-19;;;/h4-5,8,11,13,15,17,20,23H,6-7,9-10H2,1-3H3;3*1H/t13-,15?,17?,20?;;;/m0.../s1. The predicted octanol–water partition coefficient (Wildman–Crippen LogP) is 4.23. The Morgan fingerprint density at radius 3 is 3.07 bits per heavy atom. The van der Waals surface area contributed by atoms with Crippen molar-refractivity contribution in [3.05, 3.63) is 46.9 Å². The molecule has 0 bridgehead atoms. The summed E-state index contributed by atoms with van der Waals surface area (Å²) in [4.78, 5) is 18.6. The maximum atomic E-state index is 12.3. The number of aromatic nitrogens is 1. The summed E-state index contributed by atoms with van der Waals surface area (Å²) < 4.78 is 10.8. The summed E-state index contributed by atoms with van der Waals surface area (Å²) >= 11 is 0. The molecule has 5 heteroatoms. The first-order valence-corrected chi connectivity index (χ1v) is 9.85. The lowest BCUT2D eigenvalue weighted by Crippen LogP contribution is -2.51. The third-order valence-corrected chi connectivity index (χ3v) is 6.79. The molecule has 3 aliphatic heterocycles. The maximum absolute atomic E-state index is 12.3. The summed E-state index contributed by atoms with van der Waals surface area (Å²) in [7, 11) is 1.45. The quantitative estimate of drug-likeness (QED) is 0.761. The number of hydrogen-bond acceptors (Lipinski definition) is 4. The zero-order chi connectivity index (χ0) is 18.7. The molecular formula is C22H32N2O3. The lowest BCUT2D eigenvalue weighted by molar-refractivity contribution is -0.139. The molecule has 4 heterocycles. The van der Waals surface area contributed by atoms with E-state index in [9.17, 15) is 4.79 Å². The van der Waals surface area contributed by atoms with Crippen LogP contribution in [-0.2, 0) is 20.7 Å². The fourth-order valence-electron chi connectivity index (χ4n) is 5.35. The van der Waals surface area contributed by atoms with Gasteiger partial charge in [-0.15, -0.1) is 0 Å². The van der Waals surface area contributed by atoms with Crippen molar-refractivity contribution >= 4 is 16.9 Å². The van der Waals surface area contributed by atoms with Crippen LogP contribution in [0.2, 0.25) is 0 Å². The normalized spacial score (nSPS) is 30.0. The molecule has 0 aliphatic carbocycles. The largest absolute Gasteiger partial charge is 0.497 e. The van der Waals surface area contributed by atoms with Gasteiger partial charge in [-0.3, -0.25) is 4.90 Å². The molecule has 0 saturated carbocycles. The van der Waals surface area contributed by atoms with Gasteiger partial charge in [0.2, 0.25) is 0 Å². The van der Waals surface area contributed by atoms with E-state index in [2.05, 4.69) is 41.9 Å². The van der Waals surface area contributed by atoms with Gasteiger partial charge in [0.05, 0.1) is 31.1 Å². The molecule has 1 aromatic carbocycles. The van der Waals surface area contributed by atoms with E-state index in [0.29, 0.717) is 17.5 Å². The zero-order valence-electron chi connectivity index (χ0n) is 16.1. The number of H-pyrrole nitrogens is 1. The minimum absolute atomic E-state index is 0. The van der Waals surface area contributed by atoms with Crippen LogP contribution in [-0.4, -0.2) is 42.2 Å². The molecule has 148 valence electrons. The molecular weight excluding hydrogens is 340 g/mol. The van der Waals surface area contributed by atoms with Gasteiger partial charge in [0.15, 0.2) is 0 Å². The minimum Gasteiger partial charge on any atom is -0.497 e. The Bertz CT molecular complexity index is 958. The number of nitrogens with one attached hydrogen (secondary N) is 1. The number of benzene rings is 1. The Labute approximate surface area is 163 Å². The Balaban J connectivity index is 0.00000107. The van der Waals surface area contributed by atoms with E-state index < -0.39 is 0 Å². The lowest BCUT2D eigenvalue weighted by atomic mass is 9.72. The van der Waals surface area contributed by atoms with Gasteiger partial charge in [0.1, 0.15) is 0 Å². The van der Waals surface area contributed by atoms with E-state index in [4.69, 9.17) is 9.47 Å². The average Bonchev–Trinajstić information content (AvgIpc) is 3.05. The minimum atomic E-state index is -0.256. The van der Waals surface area contributed by atoms with Crippen molar-refractivity contribution < 1.29 is 18.5 Å². The topological polar surface area (TPSA) is 54.6 Å². The molecule has 2 aromatic rings. The Morgan fingerprint density at radius 1 is 1.41 bits per heavy atom. The van der Waals surface area contributed by atoms with Crippen LogP contribution in [0.1, 0.15) is 40.5 Å². The van der Waals surface area contributed by atoms with Gasteiger partial charge < -0.3 is 14.5 Å². The molecule has 0 radical (unpaired) electrons. The molecule has 0 spiro atoms. The second kappa shape index (κ2) is 6.13. The fourth-order valence-corrected chi connectivity index (χ4v) is 5.35. The molecule has 1 aromatic heterocycles. The monoisotopic (exact) mass is 372 g/mol. The van der Waals surface area contributed by atoms with Crippen LogP contribution in [0.3, 0.4) is 0 Å². The third kappa shape index (κ3) is 2.52. The summed E-state index contributed by atoms with van der Waals surface area (Å²) in [6.45, 7) is 6.28. The molecule has 3 aliphatic rings. The predicted molar refractivity (Wildman–Crippen MR) is 110 cm³/mol. The van der Waals surface area contributed by atoms with Gasteiger partial charge in [-0.1, -0.05) is 11.6 Å². The van der Waals surface area contributed by atoms with Crippen molar-refractivity contribution in [3.8, 4) is 0 Å². The first kappa shape index (κ1) is 16.9. The highest BCUT2D eigenvalue weighted by molar-refractivity contribution is 5.89. The number of piperidine rings is 1. The van der Waals surface area contributed by atoms with Crippen LogP contribution < -0.4 is 0 Å². The summed E-state index contributed by atoms with van der Waals surface area (Å²) in [5.74, 6) is 0.253. The van der Waals surface area contributed by atoms with Crippen molar-refractivity contribution in [1.82, 2.24) is 9.88 Å². The summed E-state index contributed by atoms with van der Waals surface area (Å²) in [6.07, 6.45) is 3.77. The summed E-state index contributed by atoms with van der Waals surface area (Å²) in [5.41, 5.74) is 6.00. The number of rotatable bonds is 1. The molecule has 5 rings (SSSR count). The molecule has 1 saturated heterocycles.